The van der Waals surface area contributed by atoms with Crippen LogP contribution in [-0.2, 0) is 6.54 Å². The number of piperidine rings is 1. The minimum Gasteiger partial charge on any atom is -0.508 e. The molecule has 1 aromatic carbocycles. The second-order valence-corrected chi connectivity index (χ2v) is 7.28. The van der Waals surface area contributed by atoms with Crippen molar-refractivity contribution in [3.8, 4) is 5.75 Å². The zero-order chi connectivity index (χ0) is 19.4. The van der Waals surface area contributed by atoms with Crippen molar-refractivity contribution in [2.45, 2.75) is 32.4 Å². The topological polar surface area (TPSA) is 81.6 Å². The van der Waals surface area contributed by atoms with Crippen LogP contribution >= 0.6 is 0 Å². The number of carbonyl (C=O) groups excluding carboxylic acids is 1. The molecule has 1 saturated heterocycles. The van der Waals surface area contributed by atoms with Crippen molar-refractivity contribution in [3.63, 3.8) is 0 Å². The Labute approximate surface area is 160 Å². The van der Waals surface area contributed by atoms with Crippen molar-refractivity contribution in [1.29, 1.82) is 0 Å². The minimum absolute atomic E-state index is 0.0940. The standard InChI is InChI=1S/C20H27N5O2/c1-14-18(11-21-20(22-14)24(2)3)19(27)23-16-7-5-9-25(13-16)12-15-6-4-8-17(26)10-15/h4,6,8,10-11,16,26H,5,7,9,12-13H2,1-3H3,(H,23,27)/t16-/m1/s1. The van der Waals surface area contributed by atoms with Gasteiger partial charge in [0.05, 0.1) is 11.3 Å². The maximum atomic E-state index is 12.7. The first-order valence-corrected chi connectivity index (χ1v) is 9.24. The third-order valence-corrected chi connectivity index (χ3v) is 4.77. The number of aromatic hydroxyl groups is 1. The van der Waals surface area contributed by atoms with E-state index in [0.717, 1.165) is 38.0 Å². The molecule has 2 heterocycles. The van der Waals surface area contributed by atoms with E-state index in [1.165, 1.54) is 0 Å². The molecule has 0 bridgehead atoms. The van der Waals surface area contributed by atoms with Gasteiger partial charge < -0.3 is 15.3 Å². The molecule has 1 aliphatic heterocycles. The monoisotopic (exact) mass is 369 g/mol. The Kier molecular flexibility index (Phi) is 5.91. The lowest BCUT2D eigenvalue weighted by atomic mass is 10.0. The molecule has 0 saturated carbocycles. The van der Waals surface area contributed by atoms with E-state index in [1.54, 1.807) is 18.3 Å². The second-order valence-electron chi connectivity index (χ2n) is 7.28. The molecular formula is C20H27N5O2. The van der Waals surface area contributed by atoms with E-state index in [0.29, 0.717) is 17.2 Å². The van der Waals surface area contributed by atoms with Gasteiger partial charge in [0.2, 0.25) is 5.95 Å². The maximum absolute atomic E-state index is 12.7. The Morgan fingerprint density at radius 1 is 1.41 bits per heavy atom. The molecule has 3 rings (SSSR count). The Hall–Kier alpha value is -2.67. The van der Waals surface area contributed by atoms with Crippen molar-refractivity contribution >= 4 is 11.9 Å². The third-order valence-electron chi connectivity index (χ3n) is 4.77. The molecule has 0 spiro atoms. The first-order chi connectivity index (χ1) is 12.9. The Balaban J connectivity index is 1.61. The highest BCUT2D eigenvalue weighted by Crippen LogP contribution is 2.17. The van der Waals surface area contributed by atoms with Crippen LogP contribution < -0.4 is 10.2 Å². The number of aryl methyl sites for hydroxylation is 1. The summed E-state index contributed by atoms with van der Waals surface area (Å²) in [7, 11) is 3.75. The van der Waals surface area contributed by atoms with Gasteiger partial charge in [0.1, 0.15) is 5.75 Å². The lowest BCUT2D eigenvalue weighted by Gasteiger charge is -2.33. The van der Waals surface area contributed by atoms with Gasteiger partial charge in [-0.05, 0) is 44.0 Å². The van der Waals surface area contributed by atoms with Crippen molar-refractivity contribution in [2.24, 2.45) is 0 Å². The van der Waals surface area contributed by atoms with Crippen LogP contribution in [0.3, 0.4) is 0 Å². The number of hydrogen-bond donors (Lipinski definition) is 2. The second kappa shape index (κ2) is 8.35. The van der Waals surface area contributed by atoms with Crippen LogP contribution in [0.25, 0.3) is 0 Å². The van der Waals surface area contributed by atoms with Crippen LogP contribution in [0.15, 0.2) is 30.5 Å². The molecule has 1 aliphatic rings. The van der Waals surface area contributed by atoms with Crippen molar-refractivity contribution in [2.75, 3.05) is 32.1 Å². The van der Waals surface area contributed by atoms with E-state index in [9.17, 15) is 9.90 Å². The Bertz CT molecular complexity index is 809. The van der Waals surface area contributed by atoms with Gasteiger partial charge in [0.15, 0.2) is 0 Å². The number of amides is 1. The van der Waals surface area contributed by atoms with Crippen LogP contribution in [0.2, 0.25) is 0 Å². The number of hydrogen-bond acceptors (Lipinski definition) is 6. The Morgan fingerprint density at radius 2 is 2.22 bits per heavy atom. The molecule has 0 unspecified atom stereocenters. The summed E-state index contributed by atoms with van der Waals surface area (Å²) in [6.07, 6.45) is 3.58. The number of benzene rings is 1. The lowest BCUT2D eigenvalue weighted by Crippen LogP contribution is -2.47. The van der Waals surface area contributed by atoms with Gasteiger partial charge in [-0.15, -0.1) is 0 Å². The summed E-state index contributed by atoms with van der Waals surface area (Å²) in [6, 6.07) is 7.42. The fourth-order valence-electron chi connectivity index (χ4n) is 3.39. The van der Waals surface area contributed by atoms with E-state index in [4.69, 9.17) is 0 Å². The van der Waals surface area contributed by atoms with E-state index >= 15 is 0 Å². The van der Waals surface area contributed by atoms with Crippen molar-refractivity contribution in [1.82, 2.24) is 20.2 Å². The maximum Gasteiger partial charge on any atom is 0.254 e. The van der Waals surface area contributed by atoms with Crippen molar-refractivity contribution < 1.29 is 9.90 Å². The van der Waals surface area contributed by atoms with Gasteiger partial charge in [-0.1, -0.05) is 12.1 Å². The molecular weight excluding hydrogens is 342 g/mol. The predicted molar refractivity (Wildman–Crippen MR) is 105 cm³/mol. The van der Waals surface area contributed by atoms with Crippen LogP contribution in [0.5, 0.6) is 5.75 Å². The molecule has 0 radical (unpaired) electrons. The van der Waals surface area contributed by atoms with Gasteiger partial charge in [-0.2, -0.15) is 0 Å². The molecule has 2 N–H and O–H groups in total. The normalized spacial score (nSPS) is 17.5. The summed E-state index contributed by atoms with van der Waals surface area (Å²) >= 11 is 0. The van der Waals surface area contributed by atoms with Crippen LogP contribution in [0, 0.1) is 6.92 Å². The average molecular weight is 369 g/mol. The lowest BCUT2D eigenvalue weighted by molar-refractivity contribution is 0.0899. The van der Waals surface area contributed by atoms with Crippen LogP contribution in [-0.4, -0.2) is 59.1 Å². The average Bonchev–Trinajstić information content (AvgIpc) is 2.61. The van der Waals surface area contributed by atoms with Crippen molar-refractivity contribution in [3.05, 3.63) is 47.3 Å². The molecule has 0 aliphatic carbocycles. The number of likely N-dealkylation sites (tertiary alicyclic amines) is 1. The highest BCUT2D eigenvalue weighted by atomic mass is 16.3. The summed E-state index contributed by atoms with van der Waals surface area (Å²) in [5.74, 6) is 0.757. The highest BCUT2D eigenvalue weighted by molar-refractivity contribution is 5.95. The summed E-state index contributed by atoms with van der Waals surface area (Å²) < 4.78 is 0. The molecule has 144 valence electrons. The number of rotatable bonds is 5. The van der Waals surface area contributed by atoms with Gasteiger partial charge in [-0.3, -0.25) is 9.69 Å². The fraction of sp³-hybridized carbons (Fsp3) is 0.450. The van der Waals surface area contributed by atoms with E-state index in [-0.39, 0.29) is 17.7 Å². The summed E-state index contributed by atoms with van der Waals surface area (Å²) in [4.78, 5) is 25.4. The zero-order valence-corrected chi connectivity index (χ0v) is 16.1. The SMILES string of the molecule is Cc1nc(N(C)C)ncc1C(=O)N[C@@H]1CCCN(Cc2cccc(O)c2)C1. The number of nitrogens with one attached hydrogen (secondary N) is 1. The quantitative estimate of drug-likeness (QED) is 0.838. The van der Waals surface area contributed by atoms with Crippen LogP contribution in [0.1, 0.15) is 34.5 Å². The highest BCUT2D eigenvalue weighted by Gasteiger charge is 2.23. The number of anilines is 1. The predicted octanol–water partition coefficient (Wildman–Crippen LogP) is 1.95. The van der Waals surface area contributed by atoms with Gasteiger partial charge in [0.25, 0.3) is 5.91 Å². The summed E-state index contributed by atoms with van der Waals surface area (Å²) in [5, 5.41) is 12.8. The summed E-state index contributed by atoms with van der Waals surface area (Å²) in [6.45, 7) is 4.37. The number of nitrogens with zero attached hydrogens (tertiary/aromatic N) is 4. The fourth-order valence-corrected chi connectivity index (χ4v) is 3.39. The number of aromatic nitrogens is 2. The summed E-state index contributed by atoms with van der Waals surface area (Å²) in [5.41, 5.74) is 2.27. The molecule has 7 heteroatoms. The van der Waals surface area contributed by atoms with E-state index in [2.05, 4.69) is 20.2 Å². The molecule has 1 amide bonds. The molecule has 1 atom stereocenters. The molecule has 7 nitrogen and oxygen atoms in total. The molecule has 1 aromatic heterocycles. The Morgan fingerprint density at radius 3 is 2.93 bits per heavy atom. The number of phenols is 1. The van der Waals surface area contributed by atoms with E-state index < -0.39 is 0 Å². The number of phenolic OH excluding ortho intramolecular Hbond substituents is 1. The minimum atomic E-state index is -0.123. The van der Waals surface area contributed by atoms with Gasteiger partial charge in [-0.25, -0.2) is 9.97 Å². The number of carbonyl (C=O) groups is 1. The van der Waals surface area contributed by atoms with Gasteiger partial charge in [0, 0.05) is 39.4 Å². The third kappa shape index (κ3) is 4.95. The van der Waals surface area contributed by atoms with Crippen LogP contribution in [0.4, 0.5) is 5.95 Å². The van der Waals surface area contributed by atoms with E-state index in [1.807, 2.05) is 38.1 Å². The smallest absolute Gasteiger partial charge is 0.254 e. The molecule has 1 fully saturated rings. The van der Waals surface area contributed by atoms with Gasteiger partial charge >= 0.3 is 0 Å². The molecule has 2 aromatic rings. The zero-order valence-electron chi connectivity index (χ0n) is 16.1. The first-order valence-electron chi connectivity index (χ1n) is 9.24. The largest absolute Gasteiger partial charge is 0.508 e. The molecule has 27 heavy (non-hydrogen) atoms. The first kappa shape index (κ1) is 19.1.